The molecule has 0 saturated carbocycles. The fourth-order valence-corrected chi connectivity index (χ4v) is 4.18. The average molecular weight is 437 g/mol. The van der Waals surface area contributed by atoms with Crippen molar-refractivity contribution >= 4 is 17.6 Å². The molecule has 1 aromatic heterocycles. The molecule has 0 aliphatic carbocycles. The molecule has 172 valence electrons. The number of rotatable bonds is 10. The standard InChI is InChI=1S/C26H36N4O2/c1-3-5-6-10-15-27-25(31)22-13-14-24(28-20-22)29-16-18-30(19-17-29)26(32)23(4-2)21-11-8-7-9-12-21/h7-9,11-14,20,23H,3-6,10,15-19H2,1-2H3,(H,27,31). The molecule has 32 heavy (non-hydrogen) atoms. The molecule has 3 rings (SSSR count). The van der Waals surface area contributed by atoms with Crippen LogP contribution in [0.15, 0.2) is 48.7 Å². The number of nitrogens with one attached hydrogen (secondary N) is 1. The number of benzene rings is 1. The average Bonchev–Trinajstić information content (AvgIpc) is 2.85. The van der Waals surface area contributed by atoms with Crippen LogP contribution >= 0.6 is 0 Å². The van der Waals surface area contributed by atoms with Gasteiger partial charge in [-0.15, -0.1) is 0 Å². The fraction of sp³-hybridized carbons (Fsp3) is 0.500. The molecule has 6 nitrogen and oxygen atoms in total. The van der Waals surface area contributed by atoms with Crippen LogP contribution in [0.2, 0.25) is 0 Å². The molecule has 1 aromatic carbocycles. The van der Waals surface area contributed by atoms with Crippen molar-refractivity contribution in [1.29, 1.82) is 0 Å². The molecule has 1 fully saturated rings. The molecule has 6 heteroatoms. The van der Waals surface area contributed by atoms with E-state index < -0.39 is 0 Å². The van der Waals surface area contributed by atoms with E-state index in [-0.39, 0.29) is 17.7 Å². The van der Waals surface area contributed by atoms with Crippen LogP contribution in [0.1, 0.15) is 67.8 Å². The van der Waals surface area contributed by atoms with Gasteiger partial charge in [0.25, 0.3) is 5.91 Å². The van der Waals surface area contributed by atoms with Gasteiger partial charge in [-0.25, -0.2) is 4.98 Å². The lowest BCUT2D eigenvalue weighted by Crippen LogP contribution is -2.50. The van der Waals surface area contributed by atoms with Crippen molar-refractivity contribution in [1.82, 2.24) is 15.2 Å². The van der Waals surface area contributed by atoms with E-state index in [1.807, 2.05) is 47.4 Å². The molecule has 2 heterocycles. The van der Waals surface area contributed by atoms with Crippen molar-refractivity contribution < 1.29 is 9.59 Å². The Morgan fingerprint density at radius 3 is 2.34 bits per heavy atom. The lowest BCUT2D eigenvalue weighted by atomic mass is 9.95. The van der Waals surface area contributed by atoms with Crippen LogP contribution in [0.3, 0.4) is 0 Å². The summed E-state index contributed by atoms with van der Waals surface area (Å²) in [6, 6.07) is 13.8. The first kappa shape index (κ1) is 23.8. The van der Waals surface area contributed by atoms with Gasteiger partial charge >= 0.3 is 0 Å². The number of nitrogens with zero attached hydrogens (tertiary/aromatic N) is 3. The maximum atomic E-state index is 13.1. The van der Waals surface area contributed by atoms with Gasteiger partial charge < -0.3 is 15.1 Å². The zero-order valence-electron chi connectivity index (χ0n) is 19.4. The fourth-order valence-electron chi connectivity index (χ4n) is 4.18. The number of hydrogen-bond donors (Lipinski definition) is 1. The summed E-state index contributed by atoms with van der Waals surface area (Å²) < 4.78 is 0. The Labute approximate surface area is 192 Å². The van der Waals surface area contributed by atoms with Crippen molar-refractivity contribution in [3.05, 3.63) is 59.8 Å². The predicted octanol–water partition coefficient (Wildman–Crippen LogP) is 4.23. The van der Waals surface area contributed by atoms with Crippen LogP contribution < -0.4 is 10.2 Å². The van der Waals surface area contributed by atoms with Gasteiger partial charge in [-0.2, -0.15) is 0 Å². The smallest absolute Gasteiger partial charge is 0.252 e. The van der Waals surface area contributed by atoms with Gasteiger partial charge in [0.1, 0.15) is 5.82 Å². The number of hydrogen-bond acceptors (Lipinski definition) is 4. The Bertz CT molecular complexity index is 846. The van der Waals surface area contributed by atoms with E-state index >= 15 is 0 Å². The van der Waals surface area contributed by atoms with Crippen LogP contribution in [-0.2, 0) is 4.79 Å². The molecular formula is C26H36N4O2. The van der Waals surface area contributed by atoms with E-state index in [0.717, 1.165) is 43.7 Å². The highest BCUT2D eigenvalue weighted by Gasteiger charge is 2.27. The summed E-state index contributed by atoms with van der Waals surface area (Å²) in [7, 11) is 0. The van der Waals surface area contributed by atoms with E-state index in [1.165, 1.54) is 12.8 Å². The van der Waals surface area contributed by atoms with E-state index in [2.05, 4.69) is 29.0 Å². The topological polar surface area (TPSA) is 65.5 Å². The molecule has 1 unspecified atom stereocenters. The van der Waals surface area contributed by atoms with E-state index in [0.29, 0.717) is 25.2 Å². The van der Waals surface area contributed by atoms with Crippen LogP contribution in [0, 0.1) is 0 Å². The number of piperazine rings is 1. The third-order valence-corrected chi connectivity index (χ3v) is 6.15. The minimum absolute atomic E-state index is 0.0671. The molecule has 1 saturated heterocycles. The van der Waals surface area contributed by atoms with Crippen LogP contribution in [0.5, 0.6) is 0 Å². The van der Waals surface area contributed by atoms with Gasteiger partial charge in [0.2, 0.25) is 5.91 Å². The first-order valence-electron chi connectivity index (χ1n) is 12.0. The summed E-state index contributed by atoms with van der Waals surface area (Å²) in [4.78, 5) is 34.0. The minimum Gasteiger partial charge on any atom is -0.353 e. The molecule has 0 radical (unpaired) electrons. The number of amides is 2. The summed E-state index contributed by atoms with van der Waals surface area (Å²) in [6.45, 7) is 7.81. The van der Waals surface area contributed by atoms with Crippen LogP contribution in [0.4, 0.5) is 5.82 Å². The Morgan fingerprint density at radius 2 is 1.72 bits per heavy atom. The van der Waals surface area contributed by atoms with Crippen molar-refractivity contribution in [2.75, 3.05) is 37.6 Å². The molecule has 2 aromatic rings. The van der Waals surface area contributed by atoms with Crippen molar-refractivity contribution in [2.45, 2.75) is 51.9 Å². The van der Waals surface area contributed by atoms with Gasteiger partial charge in [-0.3, -0.25) is 9.59 Å². The zero-order valence-corrected chi connectivity index (χ0v) is 19.4. The van der Waals surface area contributed by atoms with Gasteiger partial charge in [0, 0.05) is 38.9 Å². The van der Waals surface area contributed by atoms with Gasteiger partial charge in [0.05, 0.1) is 11.5 Å². The second-order valence-electron chi connectivity index (χ2n) is 8.41. The predicted molar refractivity (Wildman–Crippen MR) is 129 cm³/mol. The second kappa shape index (κ2) is 12.2. The first-order chi connectivity index (χ1) is 15.6. The highest BCUT2D eigenvalue weighted by molar-refractivity contribution is 5.94. The quantitative estimate of drug-likeness (QED) is 0.566. The molecular weight excluding hydrogens is 400 g/mol. The minimum atomic E-state index is -0.0827. The lowest BCUT2D eigenvalue weighted by Gasteiger charge is -2.37. The summed E-state index contributed by atoms with van der Waals surface area (Å²) in [5.74, 6) is 0.909. The molecule has 1 aliphatic rings. The number of unbranched alkanes of at least 4 members (excludes halogenated alkanes) is 3. The largest absolute Gasteiger partial charge is 0.353 e. The molecule has 1 atom stereocenters. The number of carbonyl (C=O) groups is 2. The summed E-state index contributed by atoms with van der Waals surface area (Å²) in [6.07, 6.45) is 7.00. The molecule has 0 bridgehead atoms. The first-order valence-corrected chi connectivity index (χ1v) is 12.0. The summed E-state index contributed by atoms with van der Waals surface area (Å²) in [5.41, 5.74) is 1.68. The summed E-state index contributed by atoms with van der Waals surface area (Å²) in [5, 5.41) is 2.97. The van der Waals surface area contributed by atoms with Crippen molar-refractivity contribution in [3.8, 4) is 0 Å². The van der Waals surface area contributed by atoms with E-state index in [9.17, 15) is 9.59 Å². The highest BCUT2D eigenvalue weighted by Crippen LogP contribution is 2.23. The molecule has 2 amide bonds. The number of anilines is 1. The third kappa shape index (κ3) is 6.31. The zero-order chi connectivity index (χ0) is 22.8. The Kier molecular flexibility index (Phi) is 9.08. The normalized spacial score (nSPS) is 14.8. The van der Waals surface area contributed by atoms with Gasteiger partial charge in [-0.1, -0.05) is 63.4 Å². The molecule has 1 N–H and O–H groups in total. The molecule has 0 spiro atoms. The van der Waals surface area contributed by atoms with Crippen LogP contribution in [-0.4, -0.2) is 54.4 Å². The Morgan fingerprint density at radius 1 is 0.969 bits per heavy atom. The third-order valence-electron chi connectivity index (χ3n) is 6.15. The monoisotopic (exact) mass is 436 g/mol. The van der Waals surface area contributed by atoms with Crippen molar-refractivity contribution in [2.24, 2.45) is 0 Å². The Balaban J connectivity index is 1.49. The SMILES string of the molecule is CCCCCCNC(=O)c1ccc(N2CCN(C(=O)C(CC)c3ccccc3)CC2)nc1. The number of aromatic nitrogens is 1. The maximum absolute atomic E-state index is 13.1. The van der Waals surface area contributed by atoms with Gasteiger partial charge in [0.15, 0.2) is 0 Å². The molecule has 1 aliphatic heterocycles. The highest BCUT2D eigenvalue weighted by atomic mass is 16.2. The van der Waals surface area contributed by atoms with Crippen molar-refractivity contribution in [3.63, 3.8) is 0 Å². The second-order valence-corrected chi connectivity index (χ2v) is 8.41. The summed E-state index contributed by atoms with van der Waals surface area (Å²) >= 11 is 0. The van der Waals surface area contributed by atoms with E-state index in [4.69, 9.17) is 0 Å². The lowest BCUT2D eigenvalue weighted by molar-refractivity contribution is -0.133. The van der Waals surface area contributed by atoms with Gasteiger partial charge in [-0.05, 0) is 30.5 Å². The van der Waals surface area contributed by atoms with Crippen LogP contribution in [0.25, 0.3) is 0 Å². The Hall–Kier alpha value is -2.89. The number of pyridine rings is 1. The number of carbonyl (C=O) groups excluding carboxylic acids is 2. The maximum Gasteiger partial charge on any atom is 0.252 e. The van der Waals surface area contributed by atoms with E-state index in [1.54, 1.807) is 6.20 Å².